The predicted octanol–water partition coefficient (Wildman–Crippen LogP) is 3.01. The Hall–Kier alpha value is -2.85. The van der Waals surface area contributed by atoms with Gasteiger partial charge in [-0.2, -0.15) is 0 Å². The van der Waals surface area contributed by atoms with Crippen LogP contribution in [-0.2, 0) is 28.7 Å². The summed E-state index contributed by atoms with van der Waals surface area (Å²) < 4.78 is 10.8. The maximum atomic E-state index is 13.1. The molecule has 0 radical (unpaired) electrons. The zero-order valence-electron chi connectivity index (χ0n) is 25.5. The summed E-state index contributed by atoms with van der Waals surface area (Å²) in [7, 11) is 0. The van der Waals surface area contributed by atoms with Crippen molar-refractivity contribution in [1.29, 1.82) is 0 Å². The average molecular weight is 567 g/mol. The smallest absolute Gasteiger partial charge is 0.410 e. The molecular formula is C29H50N4O7. The average Bonchev–Trinajstić information content (AvgIpc) is 2.84. The maximum absolute atomic E-state index is 13.1. The third kappa shape index (κ3) is 12.6. The first-order valence-electron chi connectivity index (χ1n) is 14.5. The number of amides is 4. The van der Waals surface area contributed by atoms with E-state index in [9.17, 15) is 24.0 Å². The molecule has 2 atom stereocenters. The van der Waals surface area contributed by atoms with Crippen LogP contribution >= 0.6 is 0 Å². The Morgan fingerprint density at radius 1 is 0.875 bits per heavy atom. The van der Waals surface area contributed by atoms with Gasteiger partial charge in [0.2, 0.25) is 17.7 Å². The van der Waals surface area contributed by atoms with Gasteiger partial charge in [0.25, 0.3) is 0 Å². The molecule has 0 aromatic heterocycles. The summed E-state index contributed by atoms with van der Waals surface area (Å²) in [6.45, 7) is 14.6. The number of piperidine rings is 2. The van der Waals surface area contributed by atoms with Crippen molar-refractivity contribution in [3.8, 4) is 0 Å². The molecule has 0 bridgehead atoms. The Bertz CT molecular complexity index is 901. The lowest BCUT2D eigenvalue weighted by Crippen LogP contribution is -2.50. The van der Waals surface area contributed by atoms with Crippen molar-refractivity contribution >= 4 is 29.8 Å². The third-order valence-corrected chi connectivity index (χ3v) is 6.95. The first-order chi connectivity index (χ1) is 18.5. The van der Waals surface area contributed by atoms with Crippen molar-refractivity contribution in [2.45, 2.75) is 111 Å². The van der Waals surface area contributed by atoms with Crippen LogP contribution in [0, 0.1) is 11.8 Å². The highest BCUT2D eigenvalue weighted by Crippen LogP contribution is 2.25. The second-order valence-electron chi connectivity index (χ2n) is 13.1. The molecule has 2 fully saturated rings. The summed E-state index contributed by atoms with van der Waals surface area (Å²) in [6, 6.07) is -0.608. The molecule has 2 N–H and O–H groups in total. The fourth-order valence-electron chi connectivity index (χ4n) is 4.98. The standard InChI is InChI=1S/C29H50N4O7/c1-20(34)30-18-23(17-25(36)39-28(2,3)4)31-26(37)22-9-8-14-33(19-22)24(35)11-10-21-12-15-32(16-13-21)27(38)40-29(5,6)7/h21-23H,8-19H2,1-7H3,(H,30,34)(H,31,37)/t22-,23+/m1/s1. The minimum atomic E-state index is -0.654. The van der Waals surface area contributed by atoms with E-state index < -0.39 is 23.2 Å². The molecule has 0 saturated carbocycles. The van der Waals surface area contributed by atoms with E-state index in [4.69, 9.17) is 9.47 Å². The van der Waals surface area contributed by atoms with Gasteiger partial charge in [0, 0.05) is 46.1 Å². The van der Waals surface area contributed by atoms with Crippen LogP contribution < -0.4 is 10.6 Å². The number of ether oxygens (including phenoxy) is 2. The molecule has 11 heteroatoms. The number of nitrogens with one attached hydrogen (secondary N) is 2. The summed E-state index contributed by atoms with van der Waals surface area (Å²) in [4.78, 5) is 65.7. The van der Waals surface area contributed by atoms with E-state index in [2.05, 4.69) is 10.6 Å². The molecular weight excluding hydrogens is 516 g/mol. The second-order valence-corrected chi connectivity index (χ2v) is 13.1. The van der Waals surface area contributed by atoms with Gasteiger partial charge in [-0.15, -0.1) is 0 Å². The molecule has 2 saturated heterocycles. The van der Waals surface area contributed by atoms with Gasteiger partial charge in [0.15, 0.2) is 0 Å². The molecule has 11 nitrogen and oxygen atoms in total. The maximum Gasteiger partial charge on any atom is 0.410 e. The number of hydrogen-bond acceptors (Lipinski definition) is 7. The summed E-state index contributed by atoms with van der Waals surface area (Å²) >= 11 is 0. The van der Waals surface area contributed by atoms with Crippen molar-refractivity contribution < 1.29 is 33.4 Å². The molecule has 2 aliphatic rings. The minimum Gasteiger partial charge on any atom is -0.460 e. The monoisotopic (exact) mass is 566 g/mol. The minimum absolute atomic E-state index is 0.0376. The van der Waals surface area contributed by atoms with E-state index >= 15 is 0 Å². The lowest BCUT2D eigenvalue weighted by atomic mass is 9.91. The van der Waals surface area contributed by atoms with Gasteiger partial charge in [-0.1, -0.05) is 0 Å². The van der Waals surface area contributed by atoms with Gasteiger partial charge in [-0.05, 0) is 79.6 Å². The number of carbonyl (C=O) groups is 5. The summed E-state index contributed by atoms with van der Waals surface area (Å²) in [6.07, 6.45) is 3.86. The van der Waals surface area contributed by atoms with E-state index in [1.165, 1.54) is 6.92 Å². The molecule has 4 amide bonds. The highest BCUT2D eigenvalue weighted by Gasteiger charge is 2.32. The van der Waals surface area contributed by atoms with Crippen LogP contribution in [0.5, 0.6) is 0 Å². The molecule has 40 heavy (non-hydrogen) atoms. The van der Waals surface area contributed by atoms with E-state index in [0.29, 0.717) is 44.9 Å². The highest BCUT2D eigenvalue weighted by atomic mass is 16.6. The Balaban J connectivity index is 1.83. The molecule has 2 heterocycles. The normalized spacial score (nSPS) is 19.4. The fourth-order valence-corrected chi connectivity index (χ4v) is 4.98. The van der Waals surface area contributed by atoms with Crippen LogP contribution in [0.25, 0.3) is 0 Å². The van der Waals surface area contributed by atoms with Crippen molar-refractivity contribution in [3.63, 3.8) is 0 Å². The lowest BCUT2D eigenvalue weighted by Gasteiger charge is -2.35. The third-order valence-electron chi connectivity index (χ3n) is 6.95. The Morgan fingerprint density at radius 3 is 2.08 bits per heavy atom. The molecule has 0 spiro atoms. The second kappa shape index (κ2) is 14.7. The number of hydrogen-bond donors (Lipinski definition) is 2. The Labute approximate surface area is 239 Å². The first kappa shape index (κ1) is 33.4. The summed E-state index contributed by atoms with van der Waals surface area (Å²) in [5, 5.41) is 5.56. The van der Waals surface area contributed by atoms with E-state index in [1.54, 1.807) is 30.6 Å². The zero-order chi connectivity index (χ0) is 30.1. The number of likely N-dealkylation sites (tertiary alicyclic amines) is 2. The van der Waals surface area contributed by atoms with Crippen LogP contribution in [0.1, 0.15) is 93.4 Å². The predicted molar refractivity (Wildman–Crippen MR) is 150 cm³/mol. The zero-order valence-corrected chi connectivity index (χ0v) is 25.5. The van der Waals surface area contributed by atoms with Crippen molar-refractivity contribution in [2.24, 2.45) is 11.8 Å². The SMILES string of the molecule is CC(=O)NC[C@H](CC(=O)OC(C)(C)C)NC(=O)[C@@H]1CCCN(C(=O)CCC2CCN(C(=O)OC(C)(C)C)CC2)C1. The van der Waals surface area contributed by atoms with Crippen LogP contribution in [0.2, 0.25) is 0 Å². The molecule has 2 aliphatic heterocycles. The van der Waals surface area contributed by atoms with E-state index in [1.807, 2.05) is 20.8 Å². The Morgan fingerprint density at radius 2 is 1.50 bits per heavy atom. The van der Waals surface area contributed by atoms with Gasteiger partial charge in [-0.3, -0.25) is 19.2 Å². The highest BCUT2D eigenvalue weighted by molar-refractivity contribution is 5.82. The van der Waals surface area contributed by atoms with Crippen LogP contribution in [0.3, 0.4) is 0 Å². The van der Waals surface area contributed by atoms with E-state index in [-0.39, 0.29) is 42.7 Å². The number of rotatable bonds is 9. The van der Waals surface area contributed by atoms with E-state index in [0.717, 1.165) is 25.7 Å². The quantitative estimate of drug-likeness (QED) is 0.410. The van der Waals surface area contributed by atoms with Gasteiger partial charge in [0.05, 0.1) is 18.4 Å². The van der Waals surface area contributed by atoms with Gasteiger partial charge < -0.3 is 29.9 Å². The molecule has 0 aromatic rings. The lowest BCUT2D eigenvalue weighted by molar-refractivity contribution is -0.155. The number of esters is 1. The fraction of sp³-hybridized carbons (Fsp3) is 0.828. The molecule has 0 aromatic carbocycles. The van der Waals surface area contributed by atoms with Crippen LogP contribution in [-0.4, -0.2) is 89.6 Å². The van der Waals surface area contributed by atoms with Crippen LogP contribution in [0.4, 0.5) is 4.79 Å². The number of nitrogens with zero attached hydrogens (tertiary/aromatic N) is 2. The van der Waals surface area contributed by atoms with Crippen molar-refractivity contribution in [1.82, 2.24) is 20.4 Å². The summed E-state index contributed by atoms with van der Waals surface area (Å²) in [5.74, 6) is -0.919. The summed E-state index contributed by atoms with van der Waals surface area (Å²) in [5.41, 5.74) is -1.17. The Kier molecular flexibility index (Phi) is 12.2. The topological polar surface area (TPSA) is 134 Å². The molecule has 0 aliphatic carbocycles. The first-order valence-corrected chi connectivity index (χ1v) is 14.5. The molecule has 0 unspecified atom stereocenters. The van der Waals surface area contributed by atoms with Gasteiger partial charge >= 0.3 is 12.1 Å². The van der Waals surface area contributed by atoms with Crippen molar-refractivity contribution in [2.75, 3.05) is 32.7 Å². The van der Waals surface area contributed by atoms with Gasteiger partial charge in [-0.25, -0.2) is 4.79 Å². The molecule has 2 rings (SSSR count). The van der Waals surface area contributed by atoms with Crippen molar-refractivity contribution in [3.05, 3.63) is 0 Å². The molecule has 228 valence electrons. The number of carbonyl (C=O) groups excluding carboxylic acids is 5. The van der Waals surface area contributed by atoms with Gasteiger partial charge in [0.1, 0.15) is 11.2 Å². The van der Waals surface area contributed by atoms with Crippen LogP contribution in [0.15, 0.2) is 0 Å². The largest absolute Gasteiger partial charge is 0.460 e.